The highest BCUT2D eigenvalue weighted by Crippen LogP contribution is 2.26. The zero-order valence-corrected chi connectivity index (χ0v) is 25.8. The standard InChI is InChI=1S/C32H41N3O5S/c1-23-13-11-18-28(24(23)2)35(41(7,38)39)22-30(36)34(21-26-16-12-17-27(19-26)40-6)29(31(37)33-32(3,4)5)20-25-14-9-8-10-15-25/h8-19,29H,20-22H2,1-7H3,(H,33,37)/t29-/m1/s1. The van der Waals surface area contributed by atoms with E-state index >= 15 is 0 Å². The Hall–Kier alpha value is -3.85. The van der Waals surface area contributed by atoms with Crippen LogP contribution in [0.5, 0.6) is 5.75 Å². The first-order valence-electron chi connectivity index (χ1n) is 13.5. The molecule has 0 bridgehead atoms. The van der Waals surface area contributed by atoms with Crippen LogP contribution in [0.15, 0.2) is 72.8 Å². The number of hydrogen-bond acceptors (Lipinski definition) is 5. The van der Waals surface area contributed by atoms with Gasteiger partial charge >= 0.3 is 0 Å². The van der Waals surface area contributed by atoms with E-state index in [-0.39, 0.29) is 18.9 Å². The number of anilines is 1. The molecule has 9 heteroatoms. The SMILES string of the molecule is COc1cccc(CN(C(=O)CN(c2cccc(C)c2C)S(C)(=O)=O)[C@H](Cc2ccccc2)C(=O)NC(C)(C)C)c1. The van der Waals surface area contributed by atoms with Gasteiger partial charge < -0.3 is 15.0 Å². The van der Waals surface area contributed by atoms with E-state index in [1.54, 1.807) is 31.4 Å². The quantitative estimate of drug-likeness (QED) is 0.357. The number of nitrogens with one attached hydrogen (secondary N) is 1. The minimum Gasteiger partial charge on any atom is -0.497 e. The van der Waals surface area contributed by atoms with Crippen LogP contribution >= 0.6 is 0 Å². The lowest BCUT2D eigenvalue weighted by Gasteiger charge is -2.35. The lowest BCUT2D eigenvalue weighted by Crippen LogP contribution is -2.56. The van der Waals surface area contributed by atoms with Crippen molar-refractivity contribution in [2.24, 2.45) is 0 Å². The average molecular weight is 580 g/mol. The fourth-order valence-corrected chi connectivity index (χ4v) is 5.47. The molecule has 0 aromatic heterocycles. The highest BCUT2D eigenvalue weighted by molar-refractivity contribution is 7.92. The average Bonchev–Trinajstić information content (AvgIpc) is 2.90. The second kappa shape index (κ2) is 13.2. The van der Waals surface area contributed by atoms with E-state index in [2.05, 4.69) is 5.32 Å². The summed E-state index contributed by atoms with van der Waals surface area (Å²) >= 11 is 0. The Kier molecular flexibility index (Phi) is 10.2. The zero-order valence-electron chi connectivity index (χ0n) is 25.0. The first-order valence-corrected chi connectivity index (χ1v) is 15.4. The Bertz CT molecular complexity index is 1470. The van der Waals surface area contributed by atoms with Crippen molar-refractivity contribution in [3.63, 3.8) is 0 Å². The summed E-state index contributed by atoms with van der Waals surface area (Å²) in [5.74, 6) is -0.207. The van der Waals surface area contributed by atoms with E-state index in [1.807, 2.05) is 83.1 Å². The molecular weight excluding hydrogens is 538 g/mol. The van der Waals surface area contributed by atoms with E-state index < -0.39 is 34.1 Å². The summed E-state index contributed by atoms with van der Waals surface area (Å²) in [7, 11) is -2.28. The topological polar surface area (TPSA) is 96.0 Å². The highest BCUT2D eigenvalue weighted by atomic mass is 32.2. The summed E-state index contributed by atoms with van der Waals surface area (Å²) in [6, 6.07) is 21.2. The molecular formula is C32H41N3O5S. The Morgan fingerprint density at radius 1 is 0.927 bits per heavy atom. The van der Waals surface area contributed by atoms with E-state index in [4.69, 9.17) is 4.74 Å². The van der Waals surface area contributed by atoms with Crippen molar-refractivity contribution in [2.75, 3.05) is 24.2 Å². The Morgan fingerprint density at radius 2 is 1.56 bits per heavy atom. The predicted molar refractivity (Wildman–Crippen MR) is 163 cm³/mol. The first-order chi connectivity index (χ1) is 19.2. The molecule has 0 aliphatic rings. The number of amides is 2. The molecule has 0 fully saturated rings. The molecule has 0 spiro atoms. The molecule has 8 nitrogen and oxygen atoms in total. The lowest BCUT2D eigenvalue weighted by molar-refractivity contribution is -0.140. The molecule has 3 aromatic rings. The van der Waals surface area contributed by atoms with Crippen LogP contribution in [0.4, 0.5) is 5.69 Å². The van der Waals surface area contributed by atoms with Gasteiger partial charge in [-0.1, -0.05) is 54.6 Å². The molecule has 0 saturated heterocycles. The fraction of sp³-hybridized carbons (Fsp3) is 0.375. The van der Waals surface area contributed by atoms with Gasteiger partial charge in [0.05, 0.1) is 19.1 Å². The maximum atomic E-state index is 14.2. The molecule has 0 aliphatic heterocycles. The minimum absolute atomic E-state index is 0.0789. The van der Waals surface area contributed by atoms with Gasteiger partial charge in [-0.2, -0.15) is 0 Å². The number of nitrogens with zero attached hydrogens (tertiary/aromatic N) is 2. The summed E-state index contributed by atoms with van der Waals surface area (Å²) in [4.78, 5) is 29.5. The molecule has 1 N–H and O–H groups in total. The van der Waals surface area contributed by atoms with Crippen molar-refractivity contribution >= 4 is 27.5 Å². The lowest BCUT2D eigenvalue weighted by atomic mass is 10.0. The molecule has 3 aromatic carbocycles. The Labute approximate surface area is 244 Å². The van der Waals surface area contributed by atoms with Crippen LogP contribution in [-0.4, -0.2) is 56.6 Å². The van der Waals surface area contributed by atoms with Crippen molar-refractivity contribution in [3.8, 4) is 5.75 Å². The van der Waals surface area contributed by atoms with Gasteiger partial charge in [-0.15, -0.1) is 0 Å². The normalized spacial score (nSPS) is 12.4. The van der Waals surface area contributed by atoms with Gasteiger partial charge in [0.25, 0.3) is 0 Å². The van der Waals surface area contributed by atoms with Gasteiger partial charge in [-0.05, 0) is 75.1 Å². The van der Waals surface area contributed by atoms with Gasteiger partial charge in [0.15, 0.2) is 0 Å². The van der Waals surface area contributed by atoms with Crippen molar-refractivity contribution in [2.45, 2.75) is 59.2 Å². The second-order valence-corrected chi connectivity index (χ2v) is 13.2. The molecule has 0 aliphatic carbocycles. The molecule has 0 heterocycles. The van der Waals surface area contributed by atoms with Crippen LogP contribution < -0.4 is 14.4 Å². The second-order valence-electron chi connectivity index (χ2n) is 11.3. The van der Waals surface area contributed by atoms with Gasteiger partial charge in [-0.3, -0.25) is 13.9 Å². The van der Waals surface area contributed by atoms with Crippen molar-refractivity contribution < 1.29 is 22.7 Å². The van der Waals surface area contributed by atoms with Gasteiger partial charge in [0.2, 0.25) is 21.8 Å². The molecule has 2 amide bonds. The predicted octanol–water partition coefficient (Wildman–Crippen LogP) is 4.63. The zero-order chi connectivity index (χ0) is 30.4. The third-order valence-electron chi connectivity index (χ3n) is 6.78. The number of sulfonamides is 1. The number of methoxy groups -OCH3 is 1. The van der Waals surface area contributed by atoms with E-state index in [1.165, 1.54) is 4.90 Å². The van der Waals surface area contributed by atoms with Crippen molar-refractivity contribution in [1.29, 1.82) is 0 Å². The molecule has 41 heavy (non-hydrogen) atoms. The van der Waals surface area contributed by atoms with Crippen LogP contribution in [0.3, 0.4) is 0 Å². The fourth-order valence-electron chi connectivity index (χ4n) is 4.57. The Morgan fingerprint density at radius 3 is 2.17 bits per heavy atom. The van der Waals surface area contributed by atoms with Crippen LogP contribution in [-0.2, 0) is 32.6 Å². The first kappa shape index (κ1) is 31.7. The molecule has 0 unspecified atom stereocenters. The van der Waals surface area contributed by atoms with Crippen LogP contribution in [0, 0.1) is 13.8 Å². The number of rotatable bonds is 11. The summed E-state index contributed by atoms with van der Waals surface area (Å²) in [5.41, 5.74) is 3.17. The smallest absolute Gasteiger partial charge is 0.244 e. The van der Waals surface area contributed by atoms with Crippen LogP contribution in [0.2, 0.25) is 0 Å². The monoisotopic (exact) mass is 579 g/mol. The van der Waals surface area contributed by atoms with Gasteiger partial charge in [-0.25, -0.2) is 8.42 Å². The number of ether oxygens (including phenoxy) is 1. The molecule has 220 valence electrons. The van der Waals surface area contributed by atoms with Crippen molar-refractivity contribution in [1.82, 2.24) is 10.2 Å². The van der Waals surface area contributed by atoms with E-state index in [9.17, 15) is 18.0 Å². The number of hydrogen-bond donors (Lipinski definition) is 1. The van der Waals surface area contributed by atoms with Gasteiger partial charge in [0, 0.05) is 18.5 Å². The third kappa shape index (κ3) is 8.82. The molecule has 0 saturated carbocycles. The van der Waals surface area contributed by atoms with Crippen LogP contribution in [0.25, 0.3) is 0 Å². The number of carbonyl (C=O) groups excluding carboxylic acids is 2. The molecule has 3 rings (SSSR count). The number of aryl methyl sites for hydroxylation is 1. The van der Waals surface area contributed by atoms with E-state index in [0.29, 0.717) is 11.4 Å². The summed E-state index contributed by atoms with van der Waals surface area (Å²) in [5, 5.41) is 3.03. The number of benzene rings is 3. The Balaban J connectivity index is 2.12. The molecule has 0 radical (unpaired) electrons. The highest BCUT2D eigenvalue weighted by Gasteiger charge is 2.34. The van der Waals surface area contributed by atoms with Crippen molar-refractivity contribution in [3.05, 3.63) is 95.1 Å². The van der Waals surface area contributed by atoms with E-state index in [0.717, 1.165) is 32.8 Å². The number of carbonyl (C=O) groups is 2. The third-order valence-corrected chi connectivity index (χ3v) is 7.91. The summed E-state index contributed by atoms with van der Waals surface area (Å²) in [6.45, 7) is 8.98. The maximum absolute atomic E-state index is 14.2. The van der Waals surface area contributed by atoms with Gasteiger partial charge in [0.1, 0.15) is 18.3 Å². The largest absolute Gasteiger partial charge is 0.497 e. The summed E-state index contributed by atoms with van der Waals surface area (Å²) in [6.07, 6.45) is 1.34. The molecule has 1 atom stereocenters. The van der Waals surface area contributed by atoms with Crippen LogP contribution in [0.1, 0.15) is 43.0 Å². The minimum atomic E-state index is -3.84. The maximum Gasteiger partial charge on any atom is 0.244 e. The summed E-state index contributed by atoms with van der Waals surface area (Å²) < 4.78 is 32.6.